The van der Waals surface area contributed by atoms with E-state index in [1.54, 1.807) is 35.8 Å². The van der Waals surface area contributed by atoms with Crippen LogP contribution in [0.15, 0.2) is 68.8 Å². The van der Waals surface area contributed by atoms with Gasteiger partial charge in [0.05, 0.1) is 21.4 Å². The molecular formula is C27H27F3N4O3S. The van der Waals surface area contributed by atoms with Gasteiger partial charge in [0.2, 0.25) is 5.43 Å². The Bertz CT molecular complexity index is 1580. The fraction of sp³-hybridized carbons (Fsp3) is 0.296. The molecule has 1 amide bonds. The van der Waals surface area contributed by atoms with E-state index in [0.29, 0.717) is 16.2 Å². The fourth-order valence-electron chi connectivity index (χ4n) is 3.98. The summed E-state index contributed by atoms with van der Waals surface area (Å²) in [4.78, 5) is 26.9. The standard InChI is InChI=1S/C27H27F3N4O3S/c1-17(2)34-16-23(25(35)24(18(34)3)20-6-5-7-21(14-20)27(28,29)30)26(36)32-15-19-8-10-22(11-9-19)38(4,37)33-13-12-31/h5-11,14,16-17H,13,15H2,1-4H3,(H,32,36). The molecule has 0 aliphatic heterocycles. The number of aromatic nitrogens is 1. The topological polar surface area (TPSA) is 104 Å². The quantitative estimate of drug-likeness (QED) is 0.406. The molecule has 1 N–H and O–H groups in total. The summed E-state index contributed by atoms with van der Waals surface area (Å²) in [6.45, 7) is 5.17. The molecule has 3 aromatic rings. The third-order valence-corrected chi connectivity index (χ3v) is 7.73. The van der Waals surface area contributed by atoms with Crippen molar-refractivity contribution >= 4 is 15.6 Å². The molecule has 1 atom stereocenters. The Morgan fingerprint density at radius 3 is 2.42 bits per heavy atom. The highest BCUT2D eigenvalue weighted by molar-refractivity contribution is 7.93. The number of pyridine rings is 1. The molecule has 0 aliphatic rings. The summed E-state index contributed by atoms with van der Waals surface area (Å²) in [6, 6.07) is 12.6. The third kappa shape index (κ3) is 6.31. The Kier molecular flexibility index (Phi) is 8.47. The van der Waals surface area contributed by atoms with Gasteiger partial charge in [-0.25, -0.2) is 8.57 Å². The van der Waals surface area contributed by atoms with Gasteiger partial charge in [0.1, 0.15) is 12.1 Å². The maximum Gasteiger partial charge on any atom is 0.416 e. The number of carbonyl (C=O) groups is 1. The number of carbonyl (C=O) groups excluding carboxylic acids is 1. The van der Waals surface area contributed by atoms with Crippen LogP contribution in [0.2, 0.25) is 0 Å². The minimum absolute atomic E-state index is 0.0284. The molecule has 1 unspecified atom stereocenters. The van der Waals surface area contributed by atoms with Crippen LogP contribution >= 0.6 is 0 Å². The summed E-state index contributed by atoms with van der Waals surface area (Å²) in [7, 11) is -2.73. The van der Waals surface area contributed by atoms with Crippen LogP contribution in [0.25, 0.3) is 11.1 Å². The zero-order valence-electron chi connectivity index (χ0n) is 21.3. The summed E-state index contributed by atoms with van der Waals surface area (Å²) < 4.78 is 58.1. The summed E-state index contributed by atoms with van der Waals surface area (Å²) >= 11 is 0. The Labute approximate surface area is 219 Å². The van der Waals surface area contributed by atoms with Gasteiger partial charge in [-0.2, -0.15) is 18.4 Å². The van der Waals surface area contributed by atoms with Crippen LogP contribution in [0.3, 0.4) is 0 Å². The molecule has 3 rings (SSSR count). The van der Waals surface area contributed by atoms with Crippen molar-refractivity contribution in [2.75, 3.05) is 12.8 Å². The Hall–Kier alpha value is -3.91. The first-order valence-corrected chi connectivity index (χ1v) is 13.5. The van der Waals surface area contributed by atoms with E-state index in [1.165, 1.54) is 24.6 Å². The number of alkyl halides is 3. The van der Waals surface area contributed by atoms with Crippen molar-refractivity contribution in [1.29, 1.82) is 5.26 Å². The van der Waals surface area contributed by atoms with Crippen LogP contribution in [0.5, 0.6) is 0 Å². The van der Waals surface area contributed by atoms with Gasteiger partial charge < -0.3 is 9.88 Å². The van der Waals surface area contributed by atoms with Crippen molar-refractivity contribution in [2.24, 2.45) is 4.36 Å². The molecule has 0 saturated carbocycles. The zero-order chi connectivity index (χ0) is 28.3. The normalized spacial score (nSPS) is 13.0. The minimum Gasteiger partial charge on any atom is -0.348 e. The summed E-state index contributed by atoms with van der Waals surface area (Å²) in [5.41, 5.74) is -0.544. The molecule has 2 aromatic carbocycles. The average molecular weight is 545 g/mol. The second kappa shape index (κ2) is 11.2. The molecule has 1 aromatic heterocycles. The van der Waals surface area contributed by atoms with Gasteiger partial charge in [0.25, 0.3) is 5.91 Å². The molecule has 0 aliphatic carbocycles. The number of benzene rings is 2. The number of hydrogen-bond donors (Lipinski definition) is 1. The lowest BCUT2D eigenvalue weighted by molar-refractivity contribution is -0.137. The molecule has 200 valence electrons. The maximum absolute atomic E-state index is 13.4. The molecule has 38 heavy (non-hydrogen) atoms. The van der Waals surface area contributed by atoms with Crippen molar-refractivity contribution in [3.8, 4) is 17.2 Å². The van der Waals surface area contributed by atoms with Crippen molar-refractivity contribution in [2.45, 2.75) is 44.4 Å². The number of hydrogen-bond acceptors (Lipinski definition) is 5. The predicted octanol–water partition coefficient (Wildman–Crippen LogP) is 5.33. The van der Waals surface area contributed by atoms with Crippen molar-refractivity contribution in [3.63, 3.8) is 0 Å². The van der Waals surface area contributed by atoms with E-state index in [2.05, 4.69) is 9.68 Å². The lowest BCUT2D eigenvalue weighted by Crippen LogP contribution is -2.31. The van der Waals surface area contributed by atoms with Crippen LogP contribution in [-0.2, 0) is 22.5 Å². The zero-order valence-corrected chi connectivity index (χ0v) is 22.1. The summed E-state index contributed by atoms with van der Waals surface area (Å²) in [5.74, 6) is -0.676. The van der Waals surface area contributed by atoms with E-state index in [1.807, 2.05) is 19.9 Å². The molecule has 0 saturated heterocycles. The molecule has 11 heteroatoms. The highest BCUT2D eigenvalue weighted by Gasteiger charge is 2.31. The van der Waals surface area contributed by atoms with E-state index < -0.39 is 32.8 Å². The van der Waals surface area contributed by atoms with Gasteiger partial charge in [-0.05, 0) is 56.2 Å². The first kappa shape index (κ1) is 28.7. The van der Waals surface area contributed by atoms with Crippen LogP contribution < -0.4 is 10.7 Å². The molecular weight excluding hydrogens is 517 g/mol. The predicted molar refractivity (Wildman–Crippen MR) is 139 cm³/mol. The SMILES string of the molecule is Cc1c(-c2cccc(C(F)(F)F)c2)c(=O)c(C(=O)NCc2ccc(S(C)(=O)=NCC#N)cc2)cn1C(C)C. The molecule has 1 heterocycles. The number of nitrogens with one attached hydrogen (secondary N) is 1. The van der Waals surface area contributed by atoms with Gasteiger partial charge >= 0.3 is 6.18 Å². The average Bonchev–Trinajstić information content (AvgIpc) is 2.86. The molecule has 0 radical (unpaired) electrons. The van der Waals surface area contributed by atoms with Crippen LogP contribution in [0.1, 0.15) is 47.1 Å². The Morgan fingerprint density at radius 1 is 1.18 bits per heavy atom. The highest BCUT2D eigenvalue weighted by atomic mass is 32.2. The number of nitriles is 1. The summed E-state index contributed by atoms with van der Waals surface area (Å²) in [6.07, 6.45) is -1.73. The second-order valence-electron chi connectivity index (χ2n) is 8.99. The monoisotopic (exact) mass is 544 g/mol. The number of nitrogens with zero attached hydrogens (tertiary/aromatic N) is 3. The van der Waals surface area contributed by atoms with E-state index in [0.717, 1.165) is 12.1 Å². The van der Waals surface area contributed by atoms with Crippen LogP contribution in [0, 0.1) is 18.3 Å². The number of halogens is 3. The van der Waals surface area contributed by atoms with Crippen LogP contribution in [-0.4, -0.2) is 27.5 Å². The first-order chi connectivity index (χ1) is 17.8. The highest BCUT2D eigenvalue weighted by Crippen LogP contribution is 2.32. The van der Waals surface area contributed by atoms with Crippen molar-refractivity contribution in [1.82, 2.24) is 9.88 Å². The van der Waals surface area contributed by atoms with E-state index in [9.17, 15) is 27.0 Å². The first-order valence-electron chi connectivity index (χ1n) is 11.6. The van der Waals surface area contributed by atoms with E-state index in [-0.39, 0.29) is 35.8 Å². The lowest BCUT2D eigenvalue weighted by Gasteiger charge is -2.20. The third-order valence-electron chi connectivity index (χ3n) is 5.96. The minimum atomic E-state index is -4.58. The lowest BCUT2D eigenvalue weighted by atomic mass is 9.98. The summed E-state index contributed by atoms with van der Waals surface area (Å²) in [5, 5.41) is 11.3. The second-order valence-corrected chi connectivity index (χ2v) is 11.3. The molecule has 7 nitrogen and oxygen atoms in total. The Morgan fingerprint density at radius 2 is 1.84 bits per heavy atom. The molecule has 0 spiro atoms. The molecule has 0 fully saturated rings. The van der Waals surface area contributed by atoms with Crippen LogP contribution in [0.4, 0.5) is 13.2 Å². The van der Waals surface area contributed by atoms with Crippen molar-refractivity contribution < 1.29 is 22.2 Å². The van der Waals surface area contributed by atoms with Gasteiger partial charge in [-0.1, -0.05) is 24.3 Å². The van der Waals surface area contributed by atoms with Gasteiger partial charge in [-0.3, -0.25) is 9.59 Å². The number of rotatable bonds is 7. The van der Waals surface area contributed by atoms with Gasteiger partial charge in [0.15, 0.2) is 0 Å². The fourth-order valence-corrected chi connectivity index (χ4v) is 5.07. The molecule has 0 bridgehead atoms. The maximum atomic E-state index is 13.4. The van der Waals surface area contributed by atoms with Gasteiger partial charge in [0, 0.05) is 41.2 Å². The van der Waals surface area contributed by atoms with E-state index in [4.69, 9.17) is 5.26 Å². The van der Waals surface area contributed by atoms with E-state index >= 15 is 0 Å². The van der Waals surface area contributed by atoms with Crippen molar-refractivity contribution in [3.05, 3.63) is 87.3 Å². The largest absolute Gasteiger partial charge is 0.416 e. The Balaban J connectivity index is 1.95. The van der Waals surface area contributed by atoms with Gasteiger partial charge in [-0.15, -0.1) is 0 Å². The smallest absolute Gasteiger partial charge is 0.348 e. The number of amides is 1.